The zero-order valence-corrected chi connectivity index (χ0v) is 12.6. The maximum atomic E-state index is 11.8. The standard InChI is InChI=1S/C16H22N4O/c1-3-14-18-15(11-16(21)19-14)20(9-5-8-17)13-7-4-6-12(2)10-13/h4,6-7,10-11H,3,5,8-9,17H2,1-2H3,(H,18,19,21). The lowest BCUT2D eigenvalue weighted by atomic mass is 10.2. The van der Waals surface area contributed by atoms with Gasteiger partial charge in [0, 0.05) is 24.7 Å². The molecule has 0 bridgehead atoms. The monoisotopic (exact) mass is 286 g/mol. The summed E-state index contributed by atoms with van der Waals surface area (Å²) in [5.41, 5.74) is 7.71. The summed E-state index contributed by atoms with van der Waals surface area (Å²) in [5, 5.41) is 0. The number of aryl methyl sites for hydroxylation is 2. The van der Waals surface area contributed by atoms with Crippen molar-refractivity contribution in [2.75, 3.05) is 18.0 Å². The Morgan fingerprint density at radius 1 is 1.33 bits per heavy atom. The normalized spacial score (nSPS) is 10.6. The number of hydrogen-bond donors (Lipinski definition) is 2. The molecule has 0 saturated heterocycles. The Balaban J connectivity index is 2.44. The van der Waals surface area contributed by atoms with Crippen LogP contribution in [-0.2, 0) is 6.42 Å². The second kappa shape index (κ2) is 7.04. The lowest BCUT2D eigenvalue weighted by Crippen LogP contribution is -2.24. The molecule has 2 aromatic rings. The molecule has 1 heterocycles. The zero-order chi connectivity index (χ0) is 15.2. The summed E-state index contributed by atoms with van der Waals surface area (Å²) in [5.74, 6) is 1.37. The number of aromatic amines is 1. The van der Waals surface area contributed by atoms with Gasteiger partial charge in [-0.15, -0.1) is 0 Å². The van der Waals surface area contributed by atoms with Crippen LogP contribution < -0.4 is 16.2 Å². The number of nitrogens with one attached hydrogen (secondary N) is 1. The van der Waals surface area contributed by atoms with E-state index in [0.29, 0.717) is 24.6 Å². The molecule has 0 spiro atoms. The molecule has 5 heteroatoms. The first-order chi connectivity index (χ1) is 10.1. The van der Waals surface area contributed by atoms with E-state index in [4.69, 9.17) is 5.73 Å². The topological polar surface area (TPSA) is 75.0 Å². The van der Waals surface area contributed by atoms with Crippen LogP contribution in [0.15, 0.2) is 35.1 Å². The fourth-order valence-corrected chi connectivity index (χ4v) is 2.22. The summed E-state index contributed by atoms with van der Waals surface area (Å²) in [6.45, 7) is 5.36. The molecule has 0 fully saturated rings. The predicted molar refractivity (Wildman–Crippen MR) is 86.1 cm³/mol. The highest BCUT2D eigenvalue weighted by Gasteiger charge is 2.12. The number of hydrogen-bond acceptors (Lipinski definition) is 4. The van der Waals surface area contributed by atoms with Crippen molar-refractivity contribution in [1.29, 1.82) is 0 Å². The second-order valence-corrected chi connectivity index (χ2v) is 5.04. The zero-order valence-electron chi connectivity index (χ0n) is 12.6. The van der Waals surface area contributed by atoms with E-state index >= 15 is 0 Å². The van der Waals surface area contributed by atoms with E-state index in [2.05, 4.69) is 16.0 Å². The van der Waals surface area contributed by atoms with Crippen molar-refractivity contribution in [3.05, 3.63) is 52.1 Å². The molecule has 0 saturated carbocycles. The summed E-state index contributed by atoms with van der Waals surface area (Å²) < 4.78 is 0. The second-order valence-electron chi connectivity index (χ2n) is 5.04. The Bertz CT molecular complexity index is 651. The molecule has 0 radical (unpaired) electrons. The minimum absolute atomic E-state index is 0.123. The smallest absolute Gasteiger partial charge is 0.252 e. The Hall–Kier alpha value is -2.14. The van der Waals surface area contributed by atoms with Gasteiger partial charge >= 0.3 is 0 Å². The van der Waals surface area contributed by atoms with Crippen LogP contribution in [0, 0.1) is 6.92 Å². The molecule has 0 aliphatic rings. The molecular formula is C16H22N4O. The first kappa shape index (κ1) is 15.3. The fourth-order valence-electron chi connectivity index (χ4n) is 2.22. The molecule has 3 N–H and O–H groups in total. The van der Waals surface area contributed by atoms with Gasteiger partial charge in [-0.3, -0.25) is 4.79 Å². The van der Waals surface area contributed by atoms with E-state index in [1.54, 1.807) is 0 Å². The first-order valence-corrected chi connectivity index (χ1v) is 7.28. The van der Waals surface area contributed by atoms with Gasteiger partial charge < -0.3 is 15.6 Å². The van der Waals surface area contributed by atoms with Crippen LogP contribution in [0.4, 0.5) is 11.5 Å². The quantitative estimate of drug-likeness (QED) is 0.853. The van der Waals surface area contributed by atoms with Crippen molar-refractivity contribution < 1.29 is 0 Å². The van der Waals surface area contributed by atoms with Crippen molar-refractivity contribution in [1.82, 2.24) is 9.97 Å². The Morgan fingerprint density at radius 3 is 2.81 bits per heavy atom. The number of nitrogens with two attached hydrogens (primary N) is 1. The van der Waals surface area contributed by atoms with Crippen molar-refractivity contribution in [3.63, 3.8) is 0 Å². The summed E-state index contributed by atoms with van der Waals surface area (Å²) in [6, 6.07) is 9.71. The highest BCUT2D eigenvalue weighted by molar-refractivity contribution is 5.60. The molecule has 2 rings (SSSR count). The van der Waals surface area contributed by atoms with Gasteiger partial charge in [0.1, 0.15) is 11.6 Å². The summed E-state index contributed by atoms with van der Waals surface area (Å²) >= 11 is 0. The maximum Gasteiger partial charge on any atom is 0.252 e. The Labute approximate surface area is 124 Å². The van der Waals surface area contributed by atoms with Crippen molar-refractivity contribution in [2.45, 2.75) is 26.7 Å². The minimum atomic E-state index is -0.123. The van der Waals surface area contributed by atoms with Crippen LogP contribution in [0.5, 0.6) is 0 Å². The van der Waals surface area contributed by atoms with Crippen LogP contribution in [0.1, 0.15) is 24.7 Å². The summed E-state index contributed by atoms with van der Waals surface area (Å²) in [7, 11) is 0. The van der Waals surface area contributed by atoms with Gasteiger partial charge in [0.05, 0.1) is 0 Å². The average molecular weight is 286 g/mol. The molecule has 0 aliphatic carbocycles. The van der Waals surface area contributed by atoms with E-state index in [1.807, 2.05) is 36.9 Å². The lowest BCUT2D eigenvalue weighted by molar-refractivity contribution is 0.799. The number of anilines is 2. The lowest BCUT2D eigenvalue weighted by Gasteiger charge is -2.24. The number of nitrogens with zero attached hydrogens (tertiary/aromatic N) is 2. The third-order valence-corrected chi connectivity index (χ3v) is 3.29. The SMILES string of the molecule is CCc1nc(N(CCCN)c2cccc(C)c2)cc(=O)[nH]1. The van der Waals surface area contributed by atoms with Crippen LogP contribution in [-0.4, -0.2) is 23.1 Å². The minimum Gasteiger partial charge on any atom is -0.330 e. The van der Waals surface area contributed by atoms with Crippen LogP contribution in [0.3, 0.4) is 0 Å². The number of rotatable bonds is 6. The Kier molecular flexibility index (Phi) is 5.11. The third-order valence-electron chi connectivity index (χ3n) is 3.29. The number of H-pyrrole nitrogens is 1. The van der Waals surface area contributed by atoms with E-state index < -0.39 is 0 Å². The van der Waals surface area contributed by atoms with E-state index in [-0.39, 0.29) is 5.56 Å². The molecule has 1 aromatic heterocycles. The molecular weight excluding hydrogens is 264 g/mol. The van der Waals surface area contributed by atoms with Gasteiger partial charge in [-0.25, -0.2) is 4.98 Å². The molecule has 112 valence electrons. The molecule has 0 unspecified atom stereocenters. The molecule has 0 atom stereocenters. The van der Waals surface area contributed by atoms with Gasteiger partial charge in [0.2, 0.25) is 0 Å². The number of aromatic nitrogens is 2. The molecule has 5 nitrogen and oxygen atoms in total. The van der Waals surface area contributed by atoms with Crippen molar-refractivity contribution in [3.8, 4) is 0 Å². The summed E-state index contributed by atoms with van der Waals surface area (Å²) in [6.07, 6.45) is 1.53. The number of benzene rings is 1. The van der Waals surface area contributed by atoms with Crippen molar-refractivity contribution >= 4 is 11.5 Å². The van der Waals surface area contributed by atoms with Gasteiger partial charge in [0.15, 0.2) is 0 Å². The van der Waals surface area contributed by atoms with E-state index in [0.717, 1.165) is 18.7 Å². The fraction of sp³-hybridized carbons (Fsp3) is 0.375. The highest BCUT2D eigenvalue weighted by Crippen LogP contribution is 2.23. The highest BCUT2D eigenvalue weighted by atomic mass is 16.1. The van der Waals surface area contributed by atoms with E-state index in [9.17, 15) is 4.79 Å². The van der Waals surface area contributed by atoms with Gasteiger partial charge in [-0.2, -0.15) is 0 Å². The third kappa shape index (κ3) is 3.92. The maximum absolute atomic E-state index is 11.8. The van der Waals surface area contributed by atoms with Gasteiger partial charge in [0.25, 0.3) is 5.56 Å². The largest absolute Gasteiger partial charge is 0.330 e. The predicted octanol–water partition coefficient (Wildman–Crippen LogP) is 2.13. The summed E-state index contributed by atoms with van der Waals surface area (Å²) in [4.78, 5) is 21.1. The molecule has 21 heavy (non-hydrogen) atoms. The van der Waals surface area contributed by atoms with Crippen LogP contribution in [0.2, 0.25) is 0 Å². The van der Waals surface area contributed by atoms with Gasteiger partial charge in [-0.1, -0.05) is 19.1 Å². The molecule has 1 aromatic carbocycles. The first-order valence-electron chi connectivity index (χ1n) is 7.28. The van der Waals surface area contributed by atoms with Crippen LogP contribution in [0.25, 0.3) is 0 Å². The Morgan fingerprint density at radius 2 is 2.14 bits per heavy atom. The molecule has 0 amide bonds. The van der Waals surface area contributed by atoms with Gasteiger partial charge in [-0.05, 0) is 37.6 Å². The van der Waals surface area contributed by atoms with E-state index in [1.165, 1.54) is 11.6 Å². The van der Waals surface area contributed by atoms with Crippen LogP contribution >= 0.6 is 0 Å². The average Bonchev–Trinajstić information content (AvgIpc) is 2.47. The molecule has 0 aliphatic heterocycles. The van der Waals surface area contributed by atoms with Crippen molar-refractivity contribution in [2.24, 2.45) is 5.73 Å².